The van der Waals surface area contributed by atoms with E-state index in [-0.39, 0.29) is 12.2 Å². The van der Waals surface area contributed by atoms with Crippen molar-refractivity contribution in [2.75, 3.05) is 11.9 Å². The van der Waals surface area contributed by atoms with Gasteiger partial charge in [0, 0.05) is 31.1 Å². The first-order chi connectivity index (χ1) is 15.7. The number of hydrogen-bond donors (Lipinski definition) is 2. The molecule has 0 aliphatic heterocycles. The Morgan fingerprint density at radius 1 is 1.09 bits per heavy atom. The Kier molecular flexibility index (Phi) is 6.01. The number of Topliss-reactive ketones (excluding diaryl/α,β-unsaturated/α-hetero) is 1. The predicted molar refractivity (Wildman–Crippen MR) is 116 cm³/mol. The molecule has 0 fully saturated rings. The molecule has 2 N–H and O–H groups in total. The van der Waals surface area contributed by atoms with E-state index in [1.54, 1.807) is 35.9 Å². The smallest absolute Gasteiger partial charge is 0.416 e. The van der Waals surface area contributed by atoms with Crippen LogP contribution in [0.2, 0.25) is 0 Å². The number of halogens is 3. The van der Waals surface area contributed by atoms with E-state index in [4.69, 9.17) is 9.84 Å². The average Bonchev–Trinajstić information content (AvgIpc) is 3.08. The van der Waals surface area contributed by atoms with Crippen LogP contribution in [0, 0.1) is 0 Å². The molecule has 0 aliphatic rings. The van der Waals surface area contributed by atoms with Crippen LogP contribution < -0.4 is 10.1 Å². The van der Waals surface area contributed by atoms with Crippen molar-refractivity contribution >= 4 is 28.5 Å². The number of aryl methyl sites for hydroxylation is 1. The highest BCUT2D eigenvalue weighted by atomic mass is 19.4. The van der Waals surface area contributed by atoms with Gasteiger partial charge in [0.2, 0.25) is 5.95 Å². The van der Waals surface area contributed by atoms with Gasteiger partial charge in [0.25, 0.3) is 0 Å². The van der Waals surface area contributed by atoms with Gasteiger partial charge in [-0.2, -0.15) is 13.2 Å². The summed E-state index contributed by atoms with van der Waals surface area (Å²) in [6.45, 7) is -0.550. The van der Waals surface area contributed by atoms with E-state index in [9.17, 15) is 18.0 Å². The molecule has 2 heterocycles. The summed E-state index contributed by atoms with van der Waals surface area (Å²) in [5.74, 6) is 1.09. The van der Waals surface area contributed by atoms with E-state index in [1.807, 2.05) is 6.07 Å². The molecule has 2 aromatic heterocycles. The van der Waals surface area contributed by atoms with E-state index in [1.165, 1.54) is 18.3 Å². The molecule has 0 aliphatic carbocycles. The van der Waals surface area contributed by atoms with E-state index < -0.39 is 18.3 Å². The highest BCUT2D eigenvalue weighted by Crippen LogP contribution is 2.31. The standard InChI is InChI=1S/C23H19F3N4O3/c1-30-21-7-6-18(33-19-8-9-27-16(11-19)10-17(32)13-31)12-20(21)29-22(30)28-15-4-2-14(3-5-15)23(24,25)26/h2-9,11-12,31H,10,13H2,1H3,(H,28,29). The van der Waals surface area contributed by atoms with Gasteiger partial charge < -0.3 is 19.7 Å². The summed E-state index contributed by atoms with van der Waals surface area (Å²) < 4.78 is 45.9. The molecule has 0 saturated heterocycles. The Balaban J connectivity index is 1.53. The summed E-state index contributed by atoms with van der Waals surface area (Å²) in [6, 6.07) is 13.3. The van der Waals surface area contributed by atoms with Crippen LogP contribution in [0.25, 0.3) is 11.0 Å². The number of alkyl halides is 3. The zero-order chi connectivity index (χ0) is 23.6. The second-order valence-corrected chi connectivity index (χ2v) is 7.30. The number of fused-ring (bicyclic) bond motifs is 1. The monoisotopic (exact) mass is 456 g/mol. The molecule has 0 unspecified atom stereocenters. The van der Waals surface area contributed by atoms with Crippen molar-refractivity contribution in [2.24, 2.45) is 7.05 Å². The molecule has 33 heavy (non-hydrogen) atoms. The second-order valence-electron chi connectivity index (χ2n) is 7.30. The van der Waals surface area contributed by atoms with Crippen molar-refractivity contribution in [1.82, 2.24) is 14.5 Å². The lowest BCUT2D eigenvalue weighted by molar-refractivity contribution is -0.137. The molecule has 7 nitrogen and oxygen atoms in total. The van der Waals surface area contributed by atoms with Crippen LogP contribution in [0.4, 0.5) is 24.8 Å². The number of aliphatic hydroxyl groups excluding tert-OH is 1. The number of pyridine rings is 1. The minimum atomic E-state index is -4.39. The highest BCUT2D eigenvalue weighted by molar-refractivity contribution is 5.82. The van der Waals surface area contributed by atoms with Crippen molar-refractivity contribution in [2.45, 2.75) is 12.6 Å². The highest BCUT2D eigenvalue weighted by Gasteiger charge is 2.30. The van der Waals surface area contributed by atoms with Crippen molar-refractivity contribution in [3.05, 3.63) is 72.1 Å². The minimum absolute atomic E-state index is 0.00591. The zero-order valence-corrected chi connectivity index (χ0v) is 17.4. The number of nitrogens with zero attached hydrogens (tertiary/aromatic N) is 3. The van der Waals surface area contributed by atoms with E-state index in [0.29, 0.717) is 34.3 Å². The third-order valence-electron chi connectivity index (χ3n) is 4.90. The number of rotatable bonds is 7. The predicted octanol–water partition coefficient (Wildman–Crippen LogP) is 4.63. The summed E-state index contributed by atoms with van der Waals surface area (Å²) in [5, 5.41) is 11.9. The molecule has 4 rings (SSSR count). The van der Waals surface area contributed by atoms with Gasteiger partial charge in [-0.25, -0.2) is 4.98 Å². The lowest BCUT2D eigenvalue weighted by atomic mass is 10.2. The lowest BCUT2D eigenvalue weighted by Gasteiger charge is -2.09. The number of anilines is 2. The first-order valence-corrected chi connectivity index (χ1v) is 9.89. The maximum Gasteiger partial charge on any atom is 0.416 e. The summed E-state index contributed by atoms with van der Waals surface area (Å²) in [7, 11) is 1.79. The summed E-state index contributed by atoms with van der Waals surface area (Å²) >= 11 is 0. The van der Waals surface area contributed by atoms with Crippen LogP contribution >= 0.6 is 0 Å². The van der Waals surface area contributed by atoms with Gasteiger partial charge in [0.05, 0.1) is 28.7 Å². The van der Waals surface area contributed by atoms with Crippen LogP contribution in [0.5, 0.6) is 11.5 Å². The van der Waals surface area contributed by atoms with E-state index >= 15 is 0 Å². The fourth-order valence-electron chi connectivity index (χ4n) is 3.24. The number of benzene rings is 2. The number of aromatic nitrogens is 3. The Labute approximate surface area is 186 Å². The summed E-state index contributed by atoms with van der Waals surface area (Å²) in [4.78, 5) is 20.0. The number of nitrogens with one attached hydrogen (secondary N) is 1. The SMILES string of the molecule is Cn1c(Nc2ccc(C(F)(F)F)cc2)nc2cc(Oc3ccnc(CC(=O)CO)c3)ccc21. The van der Waals surface area contributed by atoms with Gasteiger partial charge in [-0.3, -0.25) is 9.78 Å². The van der Waals surface area contributed by atoms with Gasteiger partial charge in [0.15, 0.2) is 5.78 Å². The average molecular weight is 456 g/mol. The molecular formula is C23H19F3N4O3. The number of ketones is 1. The first-order valence-electron chi connectivity index (χ1n) is 9.89. The van der Waals surface area contributed by atoms with Crippen molar-refractivity contribution in [3.63, 3.8) is 0 Å². The molecule has 0 amide bonds. The minimum Gasteiger partial charge on any atom is -0.457 e. The quantitative estimate of drug-likeness (QED) is 0.422. The maximum absolute atomic E-state index is 12.8. The fraction of sp³-hybridized carbons (Fsp3) is 0.174. The molecule has 4 aromatic rings. The molecule has 0 spiro atoms. The van der Waals surface area contributed by atoms with Crippen LogP contribution in [-0.4, -0.2) is 32.0 Å². The zero-order valence-electron chi connectivity index (χ0n) is 17.4. The van der Waals surface area contributed by atoms with Crippen molar-refractivity contribution in [1.29, 1.82) is 0 Å². The Morgan fingerprint density at radius 3 is 2.52 bits per heavy atom. The number of ether oxygens (including phenoxy) is 1. The second kappa shape index (κ2) is 8.91. The van der Waals surface area contributed by atoms with Crippen LogP contribution in [0.15, 0.2) is 60.8 Å². The van der Waals surface area contributed by atoms with Gasteiger partial charge in [-0.1, -0.05) is 0 Å². The maximum atomic E-state index is 12.8. The molecule has 2 aromatic carbocycles. The van der Waals surface area contributed by atoms with Crippen LogP contribution in [-0.2, 0) is 24.4 Å². The molecular weight excluding hydrogens is 437 g/mol. The third-order valence-corrected chi connectivity index (χ3v) is 4.90. The molecule has 10 heteroatoms. The van der Waals surface area contributed by atoms with Crippen LogP contribution in [0.3, 0.4) is 0 Å². The molecule has 0 radical (unpaired) electrons. The Bertz CT molecular complexity index is 1300. The van der Waals surface area contributed by atoms with Gasteiger partial charge >= 0.3 is 6.18 Å². The number of aliphatic hydroxyl groups is 1. The molecule has 0 saturated carbocycles. The van der Waals surface area contributed by atoms with Gasteiger partial charge in [-0.15, -0.1) is 0 Å². The van der Waals surface area contributed by atoms with Gasteiger partial charge in [0.1, 0.15) is 18.1 Å². The fourth-order valence-corrected chi connectivity index (χ4v) is 3.24. The van der Waals surface area contributed by atoms with Crippen molar-refractivity contribution in [3.8, 4) is 11.5 Å². The number of imidazole rings is 1. The normalized spacial score (nSPS) is 11.5. The lowest BCUT2D eigenvalue weighted by Crippen LogP contribution is -2.08. The number of carbonyl (C=O) groups excluding carboxylic acids is 1. The number of hydrogen-bond acceptors (Lipinski definition) is 6. The molecule has 0 bridgehead atoms. The topological polar surface area (TPSA) is 89.3 Å². The van der Waals surface area contributed by atoms with Crippen molar-refractivity contribution < 1.29 is 27.8 Å². The van der Waals surface area contributed by atoms with Gasteiger partial charge in [-0.05, 0) is 42.5 Å². The first kappa shape index (κ1) is 22.3. The van der Waals surface area contributed by atoms with Crippen LogP contribution in [0.1, 0.15) is 11.3 Å². The summed E-state index contributed by atoms with van der Waals surface area (Å²) in [6.07, 6.45) is -2.87. The van der Waals surface area contributed by atoms with E-state index in [2.05, 4.69) is 15.3 Å². The number of carbonyl (C=O) groups is 1. The Morgan fingerprint density at radius 2 is 1.82 bits per heavy atom. The third kappa shape index (κ3) is 5.12. The van der Waals surface area contributed by atoms with E-state index in [0.717, 1.165) is 17.6 Å². The molecule has 170 valence electrons. The molecule has 0 atom stereocenters. The summed E-state index contributed by atoms with van der Waals surface area (Å²) in [5.41, 5.74) is 1.64. The Hall–Kier alpha value is -3.92. The largest absolute Gasteiger partial charge is 0.457 e.